The van der Waals surface area contributed by atoms with Gasteiger partial charge in [-0.05, 0) is 74.2 Å². The van der Waals surface area contributed by atoms with Crippen LogP contribution in [0.15, 0.2) is 12.3 Å². The summed E-state index contributed by atoms with van der Waals surface area (Å²) in [6.45, 7) is 3.13. The van der Waals surface area contributed by atoms with E-state index in [9.17, 15) is 0 Å². The molecule has 0 bridgehead atoms. The second-order valence-corrected chi connectivity index (χ2v) is 6.65. The molecule has 0 atom stereocenters. The minimum atomic E-state index is 0.828. The predicted octanol–water partition coefficient (Wildman–Crippen LogP) is 3.84. The highest BCUT2D eigenvalue weighted by Crippen LogP contribution is 2.50. The SMILES string of the molecule is Cc1cnc2c(c1)[nH]c(=S)n2CC(C1CC1)C1CC1. The number of H-pyrrole nitrogens is 1. The van der Waals surface area contributed by atoms with E-state index in [0.717, 1.165) is 40.2 Å². The van der Waals surface area contributed by atoms with E-state index in [4.69, 9.17) is 12.2 Å². The fourth-order valence-electron chi connectivity index (χ4n) is 3.26. The van der Waals surface area contributed by atoms with Crippen LogP contribution in [-0.4, -0.2) is 14.5 Å². The smallest absolute Gasteiger partial charge is 0.179 e. The van der Waals surface area contributed by atoms with E-state index in [1.54, 1.807) is 0 Å². The molecule has 3 nitrogen and oxygen atoms in total. The predicted molar refractivity (Wildman–Crippen MR) is 78.6 cm³/mol. The Balaban J connectivity index is 1.73. The highest BCUT2D eigenvalue weighted by atomic mass is 32.1. The molecule has 0 aliphatic heterocycles. The van der Waals surface area contributed by atoms with Crippen LogP contribution in [0.1, 0.15) is 31.2 Å². The number of nitrogens with zero attached hydrogens (tertiary/aromatic N) is 2. The number of nitrogens with one attached hydrogen (secondary N) is 1. The quantitative estimate of drug-likeness (QED) is 0.859. The van der Waals surface area contributed by atoms with E-state index < -0.39 is 0 Å². The Labute approximate surface area is 118 Å². The molecule has 100 valence electrons. The molecule has 4 rings (SSSR count). The van der Waals surface area contributed by atoms with Crippen molar-refractivity contribution >= 4 is 23.4 Å². The monoisotopic (exact) mass is 273 g/mol. The molecule has 19 heavy (non-hydrogen) atoms. The van der Waals surface area contributed by atoms with Crippen LogP contribution in [0.2, 0.25) is 0 Å². The van der Waals surface area contributed by atoms with Crippen LogP contribution in [-0.2, 0) is 6.54 Å². The molecule has 0 amide bonds. The number of aromatic nitrogens is 3. The van der Waals surface area contributed by atoms with Gasteiger partial charge in [-0.1, -0.05) is 0 Å². The fourth-order valence-corrected chi connectivity index (χ4v) is 3.53. The summed E-state index contributed by atoms with van der Waals surface area (Å²) < 4.78 is 3.06. The van der Waals surface area contributed by atoms with Gasteiger partial charge in [-0.2, -0.15) is 0 Å². The lowest BCUT2D eigenvalue weighted by atomic mass is 9.98. The van der Waals surface area contributed by atoms with Crippen molar-refractivity contribution in [3.8, 4) is 0 Å². The molecule has 0 unspecified atom stereocenters. The number of aromatic amines is 1. The number of hydrogen-bond donors (Lipinski definition) is 1. The first-order valence-electron chi connectivity index (χ1n) is 7.27. The number of aryl methyl sites for hydroxylation is 1. The molecule has 0 aromatic carbocycles. The molecular weight excluding hydrogens is 254 g/mol. The van der Waals surface area contributed by atoms with Crippen LogP contribution in [0.5, 0.6) is 0 Å². The molecule has 2 saturated carbocycles. The second-order valence-electron chi connectivity index (χ2n) is 6.26. The Hall–Kier alpha value is -1.16. The largest absolute Gasteiger partial charge is 0.329 e. The molecule has 2 fully saturated rings. The molecule has 0 spiro atoms. The van der Waals surface area contributed by atoms with E-state index in [2.05, 4.69) is 27.5 Å². The topological polar surface area (TPSA) is 33.6 Å². The van der Waals surface area contributed by atoms with Gasteiger partial charge in [-0.3, -0.25) is 0 Å². The van der Waals surface area contributed by atoms with Crippen LogP contribution in [0.25, 0.3) is 11.2 Å². The number of fused-ring (bicyclic) bond motifs is 1. The van der Waals surface area contributed by atoms with Crippen LogP contribution < -0.4 is 0 Å². The van der Waals surface area contributed by atoms with E-state index in [1.807, 2.05) is 6.20 Å². The van der Waals surface area contributed by atoms with Crippen molar-refractivity contribution in [1.82, 2.24) is 14.5 Å². The lowest BCUT2D eigenvalue weighted by Crippen LogP contribution is -2.15. The summed E-state index contributed by atoms with van der Waals surface area (Å²) in [6, 6.07) is 2.14. The summed E-state index contributed by atoms with van der Waals surface area (Å²) in [5.41, 5.74) is 3.29. The summed E-state index contributed by atoms with van der Waals surface area (Å²) in [5, 5.41) is 0. The van der Waals surface area contributed by atoms with Crippen molar-refractivity contribution < 1.29 is 0 Å². The first-order valence-corrected chi connectivity index (χ1v) is 7.68. The van der Waals surface area contributed by atoms with E-state index >= 15 is 0 Å². The Morgan fingerprint density at radius 2 is 2.05 bits per heavy atom. The van der Waals surface area contributed by atoms with Crippen molar-refractivity contribution in [3.63, 3.8) is 0 Å². The zero-order valence-electron chi connectivity index (χ0n) is 11.2. The molecule has 2 aliphatic carbocycles. The van der Waals surface area contributed by atoms with Gasteiger partial charge in [0.05, 0.1) is 5.52 Å². The Morgan fingerprint density at radius 3 is 2.68 bits per heavy atom. The third-order valence-corrected chi connectivity index (χ3v) is 4.92. The van der Waals surface area contributed by atoms with Gasteiger partial charge < -0.3 is 9.55 Å². The number of pyridine rings is 1. The summed E-state index contributed by atoms with van der Waals surface area (Å²) in [7, 11) is 0. The molecular formula is C15H19N3S. The second kappa shape index (κ2) is 4.17. The summed E-state index contributed by atoms with van der Waals surface area (Å²) >= 11 is 5.50. The van der Waals surface area contributed by atoms with Gasteiger partial charge in [0.25, 0.3) is 0 Å². The van der Waals surface area contributed by atoms with Crippen molar-refractivity contribution in [1.29, 1.82) is 0 Å². The minimum Gasteiger partial charge on any atom is -0.329 e. The average Bonchev–Trinajstić information content (AvgIpc) is 3.24. The zero-order valence-corrected chi connectivity index (χ0v) is 12.0. The van der Waals surface area contributed by atoms with Crippen molar-refractivity contribution in [2.75, 3.05) is 0 Å². The molecule has 2 aromatic rings. The van der Waals surface area contributed by atoms with E-state index in [1.165, 1.54) is 31.2 Å². The third kappa shape index (κ3) is 2.12. The average molecular weight is 273 g/mol. The van der Waals surface area contributed by atoms with Crippen LogP contribution in [0, 0.1) is 29.4 Å². The first-order chi connectivity index (χ1) is 9.22. The Bertz CT molecular complexity index is 664. The van der Waals surface area contributed by atoms with Crippen LogP contribution in [0.3, 0.4) is 0 Å². The summed E-state index contributed by atoms with van der Waals surface area (Å²) in [6.07, 6.45) is 7.62. The number of imidazole rings is 1. The molecule has 4 heteroatoms. The number of hydrogen-bond acceptors (Lipinski definition) is 2. The maximum absolute atomic E-state index is 5.50. The van der Waals surface area contributed by atoms with Gasteiger partial charge in [0, 0.05) is 12.7 Å². The normalized spacial score (nSPS) is 19.5. The lowest BCUT2D eigenvalue weighted by molar-refractivity contribution is 0.351. The Kier molecular flexibility index (Phi) is 2.56. The lowest BCUT2D eigenvalue weighted by Gasteiger charge is -2.16. The van der Waals surface area contributed by atoms with Gasteiger partial charge in [0.15, 0.2) is 10.4 Å². The summed E-state index contributed by atoms with van der Waals surface area (Å²) in [4.78, 5) is 7.89. The Morgan fingerprint density at radius 1 is 1.37 bits per heavy atom. The van der Waals surface area contributed by atoms with Crippen molar-refractivity contribution in [3.05, 3.63) is 22.6 Å². The van der Waals surface area contributed by atoms with Gasteiger partial charge in [0.2, 0.25) is 0 Å². The molecule has 2 heterocycles. The van der Waals surface area contributed by atoms with Crippen LogP contribution >= 0.6 is 12.2 Å². The van der Waals surface area contributed by atoms with Gasteiger partial charge in [-0.25, -0.2) is 4.98 Å². The van der Waals surface area contributed by atoms with Crippen LogP contribution in [0.4, 0.5) is 0 Å². The molecule has 2 aliphatic rings. The minimum absolute atomic E-state index is 0.828. The van der Waals surface area contributed by atoms with Crippen molar-refractivity contribution in [2.45, 2.75) is 39.2 Å². The standard InChI is InChI=1S/C15H19N3S/c1-9-6-13-14(16-7-9)18(15(19)17-13)8-12(10-2-3-10)11-4-5-11/h6-7,10-12H,2-5,8H2,1H3,(H,17,19). The highest BCUT2D eigenvalue weighted by Gasteiger charge is 2.41. The summed E-state index contributed by atoms with van der Waals surface area (Å²) in [5.74, 6) is 2.73. The first kappa shape index (κ1) is 11.6. The van der Waals surface area contributed by atoms with E-state index in [-0.39, 0.29) is 0 Å². The zero-order chi connectivity index (χ0) is 13.0. The molecule has 2 aromatic heterocycles. The fraction of sp³-hybridized carbons (Fsp3) is 0.600. The van der Waals surface area contributed by atoms with Crippen molar-refractivity contribution in [2.24, 2.45) is 17.8 Å². The third-order valence-electron chi connectivity index (χ3n) is 4.59. The number of rotatable bonds is 4. The maximum atomic E-state index is 5.50. The van der Waals surface area contributed by atoms with Gasteiger partial charge >= 0.3 is 0 Å². The van der Waals surface area contributed by atoms with Gasteiger partial charge in [0.1, 0.15) is 0 Å². The molecule has 0 radical (unpaired) electrons. The molecule has 1 N–H and O–H groups in total. The van der Waals surface area contributed by atoms with Gasteiger partial charge in [-0.15, -0.1) is 0 Å². The highest BCUT2D eigenvalue weighted by molar-refractivity contribution is 7.71. The van der Waals surface area contributed by atoms with E-state index in [0.29, 0.717) is 0 Å². The maximum Gasteiger partial charge on any atom is 0.179 e. The molecule has 0 saturated heterocycles.